The quantitative estimate of drug-likeness (QED) is 0.821. The molecule has 7 nitrogen and oxygen atoms in total. The molecule has 9 heteroatoms. The summed E-state index contributed by atoms with van der Waals surface area (Å²) >= 11 is 0. The van der Waals surface area contributed by atoms with Crippen LogP contribution in [-0.4, -0.2) is 39.8 Å². The predicted octanol–water partition coefficient (Wildman–Crippen LogP) is 1.14. The van der Waals surface area contributed by atoms with E-state index in [4.69, 9.17) is 0 Å². The zero-order valence-corrected chi connectivity index (χ0v) is 15.5. The highest BCUT2D eigenvalue weighted by molar-refractivity contribution is 7.91. The Kier molecular flexibility index (Phi) is 5.08. The molecule has 134 valence electrons. The molecule has 0 unspecified atom stereocenters. The molecule has 0 saturated carbocycles. The molecule has 1 atom stereocenters. The van der Waals surface area contributed by atoms with E-state index in [9.17, 15) is 21.6 Å². The molecular weight excluding hydrogens is 352 g/mol. The average molecular weight is 374 g/mol. The second-order valence-corrected chi connectivity index (χ2v) is 10.9. The molecule has 0 aliphatic carbocycles. The number of sulfone groups is 1. The standard InChI is InChI=1S/C15H22N2O5S2/c1-15(2,3)17-24(21,22)13-6-4-5-12(9-13)16-14(18)11-7-8-23(19,20)10-11/h4-6,9,11,17H,7-8,10H2,1-3H3,(H,16,18)/t11-/m1/s1. The zero-order valence-electron chi connectivity index (χ0n) is 13.9. The van der Waals surface area contributed by atoms with Gasteiger partial charge in [-0.1, -0.05) is 6.07 Å². The van der Waals surface area contributed by atoms with Gasteiger partial charge in [-0.3, -0.25) is 4.79 Å². The number of nitrogens with one attached hydrogen (secondary N) is 2. The van der Waals surface area contributed by atoms with Crippen molar-refractivity contribution in [2.75, 3.05) is 16.8 Å². The van der Waals surface area contributed by atoms with Gasteiger partial charge in [0.05, 0.1) is 22.3 Å². The van der Waals surface area contributed by atoms with Crippen LogP contribution in [0.15, 0.2) is 29.2 Å². The first kappa shape index (κ1) is 18.9. The molecule has 0 spiro atoms. The Hall–Kier alpha value is -1.45. The number of hydrogen-bond donors (Lipinski definition) is 2. The Morgan fingerprint density at radius 2 is 1.92 bits per heavy atom. The van der Waals surface area contributed by atoms with Crippen molar-refractivity contribution in [2.24, 2.45) is 5.92 Å². The topological polar surface area (TPSA) is 109 Å². The number of carbonyl (C=O) groups excluding carboxylic acids is 1. The van der Waals surface area contributed by atoms with Crippen LogP contribution in [0, 0.1) is 5.92 Å². The van der Waals surface area contributed by atoms with E-state index < -0.39 is 37.2 Å². The van der Waals surface area contributed by atoms with E-state index in [1.165, 1.54) is 18.2 Å². The van der Waals surface area contributed by atoms with Gasteiger partial charge in [0.15, 0.2) is 9.84 Å². The maximum atomic E-state index is 12.3. The Morgan fingerprint density at radius 1 is 1.25 bits per heavy atom. The van der Waals surface area contributed by atoms with Crippen LogP contribution in [0.5, 0.6) is 0 Å². The third kappa shape index (κ3) is 5.02. The summed E-state index contributed by atoms with van der Waals surface area (Å²) < 4.78 is 50.1. The lowest BCUT2D eigenvalue weighted by atomic mass is 10.1. The van der Waals surface area contributed by atoms with E-state index in [1.54, 1.807) is 26.8 Å². The third-order valence-corrected chi connectivity index (χ3v) is 6.98. The first-order valence-corrected chi connectivity index (χ1v) is 10.8. The molecule has 0 radical (unpaired) electrons. The number of anilines is 1. The van der Waals surface area contributed by atoms with Gasteiger partial charge in [-0.05, 0) is 45.4 Å². The molecule has 1 amide bonds. The zero-order chi connectivity index (χ0) is 18.2. The van der Waals surface area contributed by atoms with Crippen LogP contribution in [0.25, 0.3) is 0 Å². The van der Waals surface area contributed by atoms with Crippen molar-refractivity contribution in [3.8, 4) is 0 Å². The molecule has 1 saturated heterocycles. The molecule has 0 bridgehead atoms. The highest BCUT2D eigenvalue weighted by Gasteiger charge is 2.33. The molecule has 1 aliphatic rings. The van der Waals surface area contributed by atoms with Crippen molar-refractivity contribution >= 4 is 31.5 Å². The summed E-state index contributed by atoms with van der Waals surface area (Å²) in [5.41, 5.74) is -0.308. The van der Waals surface area contributed by atoms with Crippen LogP contribution in [0.3, 0.4) is 0 Å². The number of hydrogen-bond acceptors (Lipinski definition) is 5. The summed E-state index contributed by atoms with van der Waals surface area (Å²) in [6, 6.07) is 5.88. The molecule has 1 aromatic carbocycles. The van der Waals surface area contributed by atoms with E-state index in [0.29, 0.717) is 5.69 Å². The minimum absolute atomic E-state index is 0.00894. The van der Waals surface area contributed by atoms with Gasteiger partial charge in [0.1, 0.15) is 0 Å². The van der Waals surface area contributed by atoms with Crippen LogP contribution < -0.4 is 10.0 Å². The predicted molar refractivity (Wildman–Crippen MR) is 91.9 cm³/mol. The number of carbonyl (C=O) groups is 1. The van der Waals surface area contributed by atoms with Crippen molar-refractivity contribution in [2.45, 2.75) is 37.6 Å². The largest absolute Gasteiger partial charge is 0.326 e. The number of sulfonamides is 1. The molecular formula is C15H22N2O5S2. The Balaban J connectivity index is 2.15. The summed E-state index contributed by atoms with van der Waals surface area (Å²) in [4.78, 5) is 12.2. The molecule has 1 aliphatic heterocycles. The van der Waals surface area contributed by atoms with Crippen molar-refractivity contribution in [1.82, 2.24) is 4.72 Å². The lowest BCUT2D eigenvalue weighted by Gasteiger charge is -2.20. The SMILES string of the molecule is CC(C)(C)NS(=O)(=O)c1cccc(NC(=O)[C@@H]2CCS(=O)(=O)C2)c1. The lowest BCUT2D eigenvalue weighted by molar-refractivity contribution is -0.119. The van der Waals surface area contributed by atoms with Gasteiger partial charge in [0.2, 0.25) is 15.9 Å². The molecule has 1 aromatic rings. The number of benzene rings is 1. The summed E-state index contributed by atoms with van der Waals surface area (Å²) in [5, 5.41) is 2.60. The average Bonchev–Trinajstić information content (AvgIpc) is 2.77. The van der Waals surface area contributed by atoms with E-state index in [-0.39, 0.29) is 22.8 Å². The highest BCUT2D eigenvalue weighted by Crippen LogP contribution is 2.22. The van der Waals surface area contributed by atoms with Gasteiger partial charge in [0.25, 0.3) is 0 Å². The summed E-state index contributed by atoms with van der Waals surface area (Å²) in [6.45, 7) is 5.20. The van der Waals surface area contributed by atoms with Crippen molar-refractivity contribution in [1.29, 1.82) is 0 Å². The van der Waals surface area contributed by atoms with Crippen LogP contribution in [0.2, 0.25) is 0 Å². The van der Waals surface area contributed by atoms with Gasteiger partial charge < -0.3 is 5.32 Å². The van der Waals surface area contributed by atoms with Gasteiger partial charge in [-0.25, -0.2) is 21.6 Å². The second-order valence-electron chi connectivity index (χ2n) is 6.97. The number of amides is 1. The Morgan fingerprint density at radius 3 is 2.46 bits per heavy atom. The van der Waals surface area contributed by atoms with Gasteiger partial charge in [0, 0.05) is 11.2 Å². The van der Waals surface area contributed by atoms with E-state index in [0.717, 1.165) is 0 Å². The highest BCUT2D eigenvalue weighted by atomic mass is 32.2. The minimum Gasteiger partial charge on any atom is -0.326 e. The Labute approximate surface area is 142 Å². The van der Waals surface area contributed by atoms with Crippen LogP contribution in [0.1, 0.15) is 27.2 Å². The third-order valence-electron chi connectivity index (χ3n) is 3.46. The maximum Gasteiger partial charge on any atom is 0.241 e. The van der Waals surface area contributed by atoms with Crippen molar-refractivity contribution in [3.63, 3.8) is 0 Å². The molecule has 2 rings (SSSR count). The summed E-state index contributed by atoms with van der Waals surface area (Å²) in [6.07, 6.45) is 0.289. The first-order valence-electron chi connectivity index (χ1n) is 7.53. The molecule has 1 heterocycles. The fraction of sp³-hybridized carbons (Fsp3) is 0.533. The van der Waals surface area contributed by atoms with Crippen LogP contribution in [0.4, 0.5) is 5.69 Å². The Bertz CT molecular complexity index is 839. The number of rotatable bonds is 4. The molecule has 2 N–H and O–H groups in total. The monoisotopic (exact) mass is 374 g/mol. The summed E-state index contributed by atoms with van der Waals surface area (Å²) in [7, 11) is -6.86. The fourth-order valence-corrected chi connectivity index (χ4v) is 5.65. The van der Waals surface area contributed by atoms with E-state index in [2.05, 4.69) is 10.0 Å². The van der Waals surface area contributed by atoms with Crippen LogP contribution in [-0.2, 0) is 24.7 Å². The van der Waals surface area contributed by atoms with Gasteiger partial charge in [-0.15, -0.1) is 0 Å². The maximum absolute atomic E-state index is 12.3. The molecule has 24 heavy (non-hydrogen) atoms. The normalized spacial score (nSPS) is 20.7. The molecule has 0 aromatic heterocycles. The van der Waals surface area contributed by atoms with Gasteiger partial charge >= 0.3 is 0 Å². The smallest absolute Gasteiger partial charge is 0.241 e. The fourth-order valence-electron chi connectivity index (χ4n) is 2.45. The second kappa shape index (κ2) is 6.45. The van der Waals surface area contributed by atoms with Crippen molar-refractivity contribution < 1.29 is 21.6 Å². The van der Waals surface area contributed by atoms with E-state index in [1.807, 2.05) is 0 Å². The minimum atomic E-state index is -3.71. The lowest BCUT2D eigenvalue weighted by Crippen LogP contribution is -2.40. The summed E-state index contributed by atoms with van der Waals surface area (Å²) in [5.74, 6) is -1.16. The van der Waals surface area contributed by atoms with Crippen LogP contribution >= 0.6 is 0 Å². The van der Waals surface area contributed by atoms with Crippen molar-refractivity contribution in [3.05, 3.63) is 24.3 Å². The first-order chi connectivity index (χ1) is 10.9. The molecule has 1 fully saturated rings. The van der Waals surface area contributed by atoms with E-state index >= 15 is 0 Å². The van der Waals surface area contributed by atoms with Gasteiger partial charge in [-0.2, -0.15) is 0 Å².